The highest BCUT2D eigenvalue weighted by Crippen LogP contribution is 2.20. The summed E-state index contributed by atoms with van der Waals surface area (Å²) in [4.78, 5) is 29.7. The zero-order chi connectivity index (χ0) is 15.3. The molecule has 0 spiro atoms. The maximum absolute atomic E-state index is 12.5. The van der Waals surface area contributed by atoms with Crippen LogP contribution in [-0.4, -0.2) is 66.9 Å². The second kappa shape index (κ2) is 7.31. The molecule has 1 heterocycles. The van der Waals surface area contributed by atoms with Crippen molar-refractivity contribution in [3.05, 3.63) is 12.2 Å². The van der Waals surface area contributed by atoms with Crippen molar-refractivity contribution < 1.29 is 9.59 Å². The highest BCUT2D eigenvalue weighted by Gasteiger charge is 2.31. The maximum atomic E-state index is 12.5. The second-order valence-electron chi connectivity index (χ2n) is 5.77. The average Bonchev–Trinajstić information content (AvgIpc) is 2.42. The third kappa shape index (κ3) is 4.25. The number of nitrogens with zero attached hydrogens (tertiary/aromatic N) is 3. The van der Waals surface area contributed by atoms with Crippen LogP contribution in [0.5, 0.6) is 0 Å². The fraction of sp³-hybridized carbons (Fsp3) is 0.733. The molecule has 3 amide bonds. The fourth-order valence-corrected chi connectivity index (χ4v) is 2.56. The van der Waals surface area contributed by atoms with Crippen molar-refractivity contribution in [1.29, 1.82) is 0 Å². The number of likely N-dealkylation sites (tertiary alicyclic amines) is 1. The highest BCUT2D eigenvalue weighted by molar-refractivity contribution is 5.81. The smallest absolute Gasteiger partial charge is 0.319 e. The van der Waals surface area contributed by atoms with Crippen molar-refractivity contribution in [3.8, 4) is 0 Å². The number of hydrogen-bond acceptors (Lipinski definition) is 2. The Hall–Kier alpha value is -1.52. The van der Waals surface area contributed by atoms with Gasteiger partial charge in [0.05, 0.1) is 5.92 Å². The Kier molecular flexibility index (Phi) is 6.05. The monoisotopic (exact) mass is 281 g/mol. The number of rotatable bonds is 4. The second-order valence-corrected chi connectivity index (χ2v) is 5.77. The lowest BCUT2D eigenvalue weighted by Gasteiger charge is -2.36. The molecule has 1 aliphatic heterocycles. The number of carbonyl (C=O) groups excluding carboxylic acids is 2. The van der Waals surface area contributed by atoms with Gasteiger partial charge in [0.25, 0.3) is 0 Å². The molecule has 0 aliphatic carbocycles. The quantitative estimate of drug-likeness (QED) is 0.738. The number of carbonyl (C=O) groups is 2. The number of urea groups is 1. The SMILES string of the molecule is C=C(C)CN(CC)C(=O)[C@H]1CCCN(C(=O)N(C)C)C1. The van der Waals surface area contributed by atoms with Crippen molar-refractivity contribution in [3.63, 3.8) is 0 Å². The van der Waals surface area contributed by atoms with E-state index in [-0.39, 0.29) is 17.9 Å². The molecule has 20 heavy (non-hydrogen) atoms. The minimum Gasteiger partial charge on any atom is -0.339 e. The van der Waals surface area contributed by atoms with Gasteiger partial charge in [-0.05, 0) is 26.7 Å². The fourth-order valence-electron chi connectivity index (χ4n) is 2.56. The largest absolute Gasteiger partial charge is 0.339 e. The van der Waals surface area contributed by atoms with Crippen molar-refractivity contribution in [2.45, 2.75) is 26.7 Å². The molecule has 1 saturated heterocycles. The van der Waals surface area contributed by atoms with Gasteiger partial charge in [0, 0.05) is 40.3 Å². The van der Waals surface area contributed by atoms with Crippen molar-refractivity contribution in [2.75, 3.05) is 40.3 Å². The first kappa shape index (κ1) is 16.5. The average molecular weight is 281 g/mol. The van der Waals surface area contributed by atoms with E-state index in [0.29, 0.717) is 19.6 Å². The molecule has 114 valence electrons. The third-order valence-corrected chi connectivity index (χ3v) is 3.58. The van der Waals surface area contributed by atoms with Gasteiger partial charge in [0.15, 0.2) is 0 Å². The van der Waals surface area contributed by atoms with Crippen LogP contribution in [0.25, 0.3) is 0 Å². The van der Waals surface area contributed by atoms with Gasteiger partial charge >= 0.3 is 6.03 Å². The van der Waals surface area contributed by atoms with Gasteiger partial charge in [-0.2, -0.15) is 0 Å². The molecule has 0 bridgehead atoms. The summed E-state index contributed by atoms with van der Waals surface area (Å²) in [5.41, 5.74) is 0.984. The Labute approximate surface area is 122 Å². The Morgan fingerprint density at radius 2 is 2.00 bits per heavy atom. The summed E-state index contributed by atoms with van der Waals surface area (Å²) >= 11 is 0. The van der Waals surface area contributed by atoms with Gasteiger partial charge in [-0.25, -0.2) is 4.79 Å². The summed E-state index contributed by atoms with van der Waals surface area (Å²) < 4.78 is 0. The summed E-state index contributed by atoms with van der Waals surface area (Å²) in [6.45, 7) is 10.3. The van der Waals surface area contributed by atoms with Crippen molar-refractivity contribution >= 4 is 11.9 Å². The first-order valence-corrected chi connectivity index (χ1v) is 7.26. The van der Waals surface area contributed by atoms with Crippen LogP contribution >= 0.6 is 0 Å². The molecular weight excluding hydrogens is 254 g/mol. The zero-order valence-corrected chi connectivity index (χ0v) is 13.2. The molecule has 0 saturated carbocycles. The van der Waals surface area contributed by atoms with E-state index >= 15 is 0 Å². The van der Waals surface area contributed by atoms with Crippen LogP contribution in [0, 0.1) is 5.92 Å². The molecule has 0 unspecified atom stereocenters. The Morgan fingerprint density at radius 1 is 1.35 bits per heavy atom. The normalized spacial score (nSPS) is 18.6. The number of piperidine rings is 1. The van der Waals surface area contributed by atoms with E-state index in [0.717, 1.165) is 25.0 Å². The van der Waals surface area contributed by atoms with Gasteiger partial charge in [0.2, 0.25) is 5.91 Å². The van der Waals surface area contributed by atoms with Crippen molar-refractivity contribution in [1.82, 2.24) is 14.7 Å². The topological polar surface area (TPSA) is 43.9 Å². The minimum absolute atomic E-state index is 0.00884. The molecular formula is C15H27N3O2. The molecule has 1 atom stereocenters. The summed E-state index contributed by atoms with van der Waals surface area (Å²) in [6.07, 6.45) is 1.75. The summed E-state index contributed by atoms with van der Waals surface area (Å²) in [7, 11) is 3.49. The first-order chi connectivity index (χ1) is 9.36. The highest BCUT2D eigenvalue weighted by atomic mass is 16.2. The van der Waals surface area contributed by atoms with Crippen molar-refractivity contribution in [2.24, 2.45) is 5.92 Å². The standard InChI is InChI=1S/C15H27N3O2/c1-6-17(10-12(2)3)14(19)13-8-7-9-18(11-13)15(20)16(4)5/h13H,2,6-11H2,1,3-5H3/t13-/m0/s1. The van der Waals surface area contributed by atoms with E-state index in [1.807, 2.05) is 18.7 Å². The van der Waals surface area contributed by atoms with E-state index in [4.69, 9.17) is 0 Å². The van der Waals surface area contributed by atoms with E-state index in [2.05, 4.69) is 6.58 Å². The molecule has 0 aromatic carbocycles. The van der Waals surface area contributed by atoms with Crippen LogP contribution < -0.4 is 0 Å². The number of likely N-dealkylation sites (N-methyl/N-ethyl adjacent to an activating group) is 1. The summed E-state index contributed by atoms with van der Waals surface area (Å²) in [5.74, 6) is 0.0682. The molecule has 5 heteroatoms. The van der Waals surface area contributed by atoms with Crippen LogP contribution in [0.15, 0.2) is 12.2 Å². The first-order valence-electron chi connectivity index (χ1n) is 7.26. The lowest BCUT2D eigenvalue weighted by atomic mass is 9.96. The van der Waals surface area contributed by atoms with Crippen LogP contribution in [0.2, 0.25) is 0 Å². The number of amides is 3. The Morgan fingerprint density at radius 3 is 2.50 bits per heavy atom. The van der Waals surface area contributed by atoms with Crippen LogP contribution in [-0.2, 0) is 4.79 Å². The van der Waals surface area contributed by atoms with Gasteiger partial charge in [-0.15, -0.1) is 0 Å². The molecule has 0 N–H and O–H groups in total. The lowest BCUT2D eigenvalue weighted by molar-refractivity contribution is -0.136. The molecule has 1 aliphatic rings. The molecule has 1 fully saturated rings. The minimum atomic E-state index is -0.0769. The molecule has 0 aromatic heterocycles. The van der Waals surface area contributed by atoms with Gasteiger partial charge in [-0.3, -0.25) is 4.79 Å². The van der Waals surface area contributed by atoms with E-state index in [1.54, 1.807) is 23.9 Å². The van der Waals surface area contributed by atoms with Gasteiger partial charge in [-0.1, -0.05) is 12.2 Å². The summed E-state index contributed by atoms with van der Waals surface area (Å²) in [6, 6.07) is -0.00884. The van der Waals surface area contributed by atoms with Crippen LogP contribution in [0.4, 0.5) is 4.79 Å². The van der Waals surface area contributed by atoms with Gasteiger partial charge < -0.3 is 14.7 Å². The van der Waals surface area contributed by atoms with E-state index in [9.17, 15) is 9.59 Å². The van der Waals surface area contributed by atoms with E-state index < -0.39 is 0 Å². The Bertz CT molecular complexity index is 379. The lowest BCUT2D eigenvalue weighted by Crippen LogP contribution is -2.49. The van der Waals surface area contributed by atoms with Crippen LogP contribution in [0.1, 0.15) is 26.7 Å². The third-order valence-electron chi connectivity index (χ3n) is 3.58. The zero-order valence-electron chi connectivity index (χ0n) is 13.2. The molecule has 5 nitrogen and oxygen atoms in total. The van der Waals surface area contributed by atoms with Crippen LogP contribution in [0.3, 0.4) is 0 Å². The van der Waals surface area contributed by atoms with Gasteiger partial charge in [0.1, 0.15) is 0 Å². The summed E-state index contributed by atoms with van der Waals surface area (Å²) in [5, 5.41) is 0. The Balaban J connectivity index is 2.68. The predicted octanol–water partition coefficient (Wildman–Crippen LogP) is 1.80. The molecule has 0 aromatic rings. The maximum Gasteiger partial charge on any atom is 0.319 e. The molecule has 1 rings (SSSR count). The predicted molar refractivity (Wildman–Crippen MR) is 80.4 cm³/mol. The molecule has 0 radical (unpaired) electrons. The van der Waals surface area contributed by atoms with E-state index in [1.165, 1.54) is 0 Å². The number of hydrogen-bond donors (Lipinski definition) is 0.